The quantitative estimate of drug-likeness (QED) is 0.592. The van der Waals surface area contributed by atoms with Crippen LogP contribution in [0, 0.1) is 6.92 Å². The average Bonchev–Trinajstić information content (AvgIpc) is 2.24. The van der Waals surface area contributed by atoms with Gasteiger partial charge >= 0.3 is 24.3 Å². The summed E-state index contributed by atoms with van der Waals surface area (Å²) in [6, 6.07) is 0.201. The average molecular weight is 381 g/mol. The third-order valence-corrected chi connectivity index (χ3v) is 1.10. The van der Waals surface area contributed by atoms with Gasteiger partial charge in [0.15, 0.2) is 5.78 Å². The Balaban J connectivity index is -0.000000176. The first-order valence-corrected chi connectivity index (χ1v) is 7.25. The van der Waals surface area contributed by atoms with Gasteiger partial charge in [-0.25, -0.2) is 0 Å². The predicted molar refractivity (Wildman–Crippen MR) is 65.7 cm³/mol. The second kappa shape index (κ2) is 19.4. The van der Waals surface area contributed by atoms with E-state index in [0.717, 1.165) is 6.42 Å². The van der Waals surface area contributed by atoms with Crippen LogP contribution in [-0.2, 0) is 24.1 Å². The Kier molecular flexibility index (Phi) is 26.1. The molecule has 0 saturated carbocycles. The summed E-state index contributed by atoms with van der Waals surface area (Å²) in [7, 11) is 0. The number of nitrogens with zero attached hydrogens (tertiary/aromatic N) is 1. The van der Waals surface area contributed by atoms with Crippen LogP contribution in [-0.4, -0.2) is 16.7 Å². The molecule has 1 aliphatic heterocycles. The van der Waals surface area contributed by atoms with Crippen molar-refractivity contribution < 1.29 is 24.1 Å². The van der Waals surface area contributed by atoms with E-state index in [1.54, 1.807) is 6.20 Å². The molecule has 15 heavy (non-hydrogen) atoms. The van der Waals surface area contributed by atoms with Crippen molar-refractivity contribution in [3.63, 3.8) is 0 Å². The van der Waals surface area contributed by atoms with Gasteiger partial charge in [0.1, 0.15) is 0 Å². The second-order valence-corrected chi connectivity index (χ2v) is 2.48. The van der Waals surface area contributed by atoms with Gasteiger partial charge in [-0.2, -0.15) is 12.6 Å². The molecule has 0 aromatic heterocycles. The molecule has 0 aliphatic carbocycles. The minimum atomic E-state index is 0.188. The van der Waals surface area contributed by atoms with Crippen molar-refractivity contribution in [2.75, 3.05) is 0 Å². The number of carbonyl (C=O) groups is 1. The van der Waals surface area contributed by atoms with Crippen LogP contribution in [0.15, 0.2) is 12.3 Å². The molecule has 3 heteroatoms. The van der Waals surface area contributed by atoms with Gasteiger partial charge in [-0.15, -0.1) is 6.04 Å². The van der Waals surface area contributed by atoms with Crippen LogP contribution in [0.2, 0.25) is 0 Å². The SMILES string of the molecule is CC.CC1CC(=O)C=C[N-]1.[CH2-]CC.[CH2]=[W]. The van der Waals surface area contributed by atoms with Crippen molar-refractivity contribution in [3.8, 4) is 0 Å². The van der Waals surface area contributed by atoms with Crippen LogP contribution < -0.4 is 0 Å². The van der Waals surface area contributed by atoms with Crippen LogP contribution in [0.1, 0.15) is 40.5 Å². The fraction of sp³-hybridized carbons (Fsp3) is 0.583. The zero-order chi connectivity index (χ0) is 12.7. The van der Waals surface area contributed by atoms with E-state index in [4.69, 9.17) is 0 Å². The van der Waals surface area contributed by atoms with Gasteiger partial charge in [0.05, 0.1) is 0 Å². The van der Waals surface area contributed by atoms with Crippen LogP contribution in [0.4, 0.5) is 0 Å². The van der Waals surface area contributed by atoms with Crippen molar-refractivity contribution in [2.24, 2.45) is 0 Å². The summed E-state index contributed by atoms with van der Waals surface area (Å²) in [5.74, 6) is 0.188. The maximum atomic E-state index is 10.5. The topological polar surface area (TPSA) is 31.2 Å². The Morgan fingerprint density at radius 3 is 2.20 bits per heavy atom. The third kappa shape index (κ3) is 20.0. The van der Waals surface area contributed by atoms with Crippen molar-refractivity contribution >= 4 is 10.7 Å². The van der Waals surface area contributed by atoms with Crippen LogP contribution in [0.25, 0.3) is 5.32 Å². The van der Waals surface area contributed by atoms with Crippen LogP contribution in [0.5, 0.6) is 0 Å². The number of allylic oxidation sites excluding steroid dienone is 1. The van der Waals surface area contributed by atoms with E-state index in [1.807, 2.05) is 27.7 Å². The Morgan fingerprint density at radius 2 is 2.00 bits per heavy atom. The first-order chi connectivity index (χ1) is 7.20. The molecule has 0 spiro atoms. The van der Waals surface area contributed by atoms with E-state index >= 15 is 0 Å². The Hall–Kier alpha value is -0.232. The molecule has 0 radical (unpaired) electrons. The number of carbonyl (C=O) groups excluding carboxylic acids is 1. The van der Waals surface area contributed by atoms with E-state index in [1.165, 1.54) is 25.4 Å². The van der Waals surface area contributed by atoms with Crippen molar-refractivity contribution in [2.45, 2.75) is 46.6 Å². The fourth-order valence-electron chi connectivity index (χ4n) is 0.685. The molecule has 1 aliphatic rings. The van der Waals surface area contributed by atoms with Gasteiger partial charge in [-0.05, 0) is 12.5 Å². The van der Waals surface area contributed by atoms with Crippen LogP contribution >= 0.6 is 0 Å². The Labute approximate surface area is 106 Å². The summed E-state index contributed by atoms with van der Waals surface area (Å²) >= 11 is 1.33. The van der Waals surface area contributed by atoms with E-state index in [0.29, 0.717) is 6.42 Å². The molecule has 90 valence electrons. The number of hydrogen-bond donors (Lipinski definition) is 0. The molecular weight excluding hydrogens is 358 g/mol. The standard InChI is InChI=1S/C6H9NO.C3H7.C2H6.CH2.W/c1-5-4-6(8)2-3-7-5;1-3-2;1-2;;/h2-3,5H,4H2,1H3,(H,7,8);1,3H2,2H3;1-2H3;1H2;/q;-1;;;/p-1. The predicted octanol–water partition coefficient (Wildman–Crippen LogP) is 3.46. The van der Waals surface area contributed by atoms with Gasteiger partial charge < -0.3 is 12.2 Å². The molecule has 0 saturated heterocycles. The van der Waals surface area contributed by atoms with Gasteiger partial charge in [0.2, 0.25) is 0 Å². The molecule has 2 nitrogen and oxygen atoms in total. The van der Waals surface area contributed by atoms with Gasteiger partial charge in [-0.3, -0.25) is 4.79 Å². The second-order valence-electron chi connectivity index (χ2n) is 2.48. The molecule has 0 aromatic rings. The van der Waals surface area contributed by atoms with Gasteiger partial charge in [0.25, 0.3) is 0 Å². The molecule has 1 atom stereocenters. The fourth-order valence-corrected chi connectivity index (χ4v) is 0.685. The van der Waals surface area contributed by atoms with Crippen molar-refractivity contribution in [1.29, 1.82) is 0 Å². The van der Waals surface area contributed by atoms with E-state index in [2.05, 4.69) is 17.1 Å². The maximum absolute atomic E-state index is 10.5. The first kappa shape index (κ1) is 20.2. The number of ketones is 1. The first-order valence-electron chi connectivity index (χ1n) is 5.18. The molecule has 0 aromatic carbocycles. The molecule has 0 bridgehead atoms. The normalized spacial score (nSPS) is 16.6. The minimum absolute atomic E-state index is 0.188. The van der Waals surface area contributed by atoms with Crippen molar-refractivity contribution in [3.05, 3.63) is 24.5 Å². The summed E-state index contributed by atoms with van der Waals surface area (Å²) in [6.45, 7) is 11.4. The third-order valence-electron chi connectivity index (χ3n) is 1.10. The monoisotopic (exact) mass is 381 g/mol. The van der Waals surface area contributed by atoms with E-state index < -0.39 is 0 Å². The van der Waals surface area contributed by atoms with Gasteiger partial charge in [-0.1, -0.05) is 27.7 Å². The molecule has 0 fully saturated rings. The molecular formula is C12H23NOW-2. The van der Waals surface area contributed by atoms with Gasteiger partial charge in [0, 0.05) is 0 Å². The zero-order valence-corrected chi connectivity index (χ0v) is 13.3. The molecule has 1 rings (SSSR count). The summed E-state index contributed by atoms with van der Waals surface area (Å²) in [6.07, 6.45) is 4.67. The Morgan fingerprint density at radius 1 is 1.60 bits per heavy atom. The van der Waals surface area contributed by atoms with E-state index in [9.17, 15) is 4.79 Å². The van der Waals surface area contributed by atoms with Crippen LogP contribution in [0.3, 0.4) is 0 Å². The Bertz CT molecular complexity index is 158. The molecule has 1 unspecified atom stereocenters. The van der Waals surface area contributed by atoms with Crippen molar-refractivity contribution in [1.82, 2.24) is 0 Å². The number of hydrogen-bond acceptors (Lipinski definition) is 1. The summed E-state index contributed by atoms with van der Waals surface area (Å²) in [4.78, 5) is 13.9. The molecule has 0 N–H and O–H groups in total. The molecule has 0 amide bonds. The summed E-state index contributed by atoms with van der Waals surface area (Å²) < 4.78 is 0. The van der Waals surface area contributed by atoms with E-state index in [-0.39, 0.29) is 11.8 Å². The number of rotatable bonds is 0. The summed E-state index contributed by atoms with van der Waals surface area (Å²) in [5, 5.41) is 3.98. The summed E-state index contributed by atoms with van der Waals surface area (Å²) in [5.41, 5.74) is 0. The molecule has 1 heterocycles. The zero-order valence-electron chi connectivity index (χ0n) is 10.3.